The number of pyridine rings is 1. The fraction of sp³-hybridized carbons (Fsp3) is 0.0667. The van der Waals surface area contributed by atoms with Crippen LogP contribution in [-0.2, 0) is 4.79 Å². The highest BCUT2D eigenvalue weighted by Gasteiger charge is 2.10. The SMILES string of the molecule is Cc1nc(C=CC(=O)Nc2ccccc2)ccc1[N+](=O)[O-]. The number of aryl methyl sites for hydroxylation is 1. The van der Waals surface area contributed by atoms with Crippen molar-refractivity contribution >= 4 is 23.4 Å². The third-order valence-electron chi connectivity index (χ3n) is 2.72. The van der Waals surface area contributed by atoms with E-state index in [4.69, 9.17) is 0 Å². The summed E-state index contributed by atoms with van der Waals surface area (Å²) in [5.41, 5.74) is 1.45. The van der Waals surface area contributed by atoms with Gasteiger partial charge in [0.25, 0.3) is 5.69 Å². The Morgan fingerprint density at radius 3 is 2.57 bits per heavy atom. The Labute approximate surface area is 121 Å². The predicted octanol–water partition coefficient (Wildman–Crippen LogP) is 2.95. The van der Waals surface area contributed by atoms with Crippen molar-refractivity contribution in [3.63, 3.8) is 0 Å². The minimum absolute atomic E-state index is 0.0408. The number of aromatic nitrogens is 1. The van der Waals surface area contributed by atoms with E-state index in [0.717, 1.165) is 0 Å². The highest BCUT2D eigenvalue weighted by Crippen LogP contribution is 2.16. The maximum absolute atomic E-state index is 11.7. The Bertz CT molecular complexity index is 697. The second-order valence-electron chi connectivity index (χ2n) is 4.29. The molecule has 1 amide bonds. The van der Waals surface area contributed by atoms with Gasteiger partial charge in [-0.1, -0.05) is 18.2 Å². The van der Waals surface area contributed by atoms with E-state index in [-0.39, 0.29) is 11.6 Å². The summed E-state index contributed by atoms with van der Waals surface area (Å²) in [5.74, 6) is -0.293. The molecular weight excluding hydrogens is 270 g/mol. The first-order valence-corrected chi connectivity index (χ1v) is 6.22. The smallest absolute Gasteiger partial charge is 0.290 e. The fourth-order valence-corrected chi connectivity index (χ4v) is 1.73. The molecular formula is C15H13N3O3. The van der Waals surface area contributed by atoms with Gasteiger partial charge in [-0.25, -0.2) is 4.98 Å². The molecule has 0 saturated carbocycles. The van der Waals surface area contributed by atoms with Gasteiger partial charge in [0.1, 0.15) is 5.69 Å². The van der Waals surface area contributed by atoms with E-state index in [1.165, 1.54) is 24.3 Å². The molecule has 21 heavy (non-hydrogen) atoms. The number of anilines is 1. The molecule has 1 aromatic heterocycles. The summed E-state index contributed by atoms with van der Waals surface area (Å²) >= 11 is 0. The van der Waals surface area contributed by atoms with Crippen LogP contribution in [0.2, 0.25) is 0 Å². The number of nitro groups is 1. The number of hydrogen-bond donors (Lipinski definition) is 1. The lowest BCUT2D eigenvalue weighted by Crippen LogP contribution is -2.07. The summed E-state index contributed by atoms with van der Waals surface area (Å²) in [6.07, 6.45) is 2.84. The fourth-order valence-electron chi connectivity index (χ4n) is 1.73. The molecule has 0 aliphatic heterocycles. The minimum atomic E-state index is -0.488. The predicted molar refractivity (Wildman–Crippen MR) is 79.7 cm³/mol. The normalized spacial score (nSPS) is 10.5. The number of nitrogens with one attached hydrogen (secondary N) is 1. The lowest BCUT2D eigenvalue weighted by Gasteiger charge is -2.01. The monoisotopic (exact) mass is 283 g/mol. The van der Waals surface area contributed by atoms with Crippen molar-refractivity contribution < 1.29 is 9.72 Å². The van der Waals surface area contributed by atoms with Gasteiger partial charge in [0, 0.05) is 17.8 Å². The first-order chi connectivity index (χ1) is 10.1. The second-order valence-corrected chi connectivity index (χ2v) is 4.29. The molecule has 0 bridgehead atoms. The number of rotatable bonds is 4. The molecule has 6 nitrogen and oxygen atoms in total. The lowest BCUT2D eigenvalue weighted by molar-refractivity contribution is -0.385. The Morgan fingerprint density at radius 1 is 1.24 bits per heavy atom. The molecule has 1 N–H and O–H groups in total. The van der Waals surface area contributed by atoms with Crippen molar-refractivity contribution in [1.29, 1.82) is 0 Å². The average molecular weight is 283 g/mol. The van der Waals surface area contributed by atoms with E-state index in [1.54, 1.807) is 19.1 Å². The highest BCUT2D eigenvalue weighted by atomic mass is 16.6. The standard InChI is InChI=1S/C15H13N3O3/c1-11-14(18(20)21)9-7-13(16-11)8-10-15(19)17-12-5-3-2-4-6-12/h2-10H,1H3,(H,17,19). The number of carbonyl (C=O) groups is 1. The van der Waals surface area contributed by atoms with Crippen molar-refractivity contribution in [3.8, 4) is 0 Å². The van der Waals surface area contributed by atoms with Gasteiger partial charge in [-0.15, -0.1) is 0 Å². The molecule has 0 unspecified atom stereocenters. The summed E-state index contributed by atoms with van der Waals surface area (Å²) < 4.78 is 0. The molecule has 1 heterocycles. The van der Waals surface area contributed by atoms with E-state index < -0.39 is 4.92 Å². The Morgan fingerprint density at radius 2 is 1.95 bits per heavy atom. The summed E-state index contributed by atoms with van der Waals surface area (Å²) in [6.45, 7) is 1.56. The van der Waals surface area contributed by atoms with Gasteiger partial charge >= 0.3 is 0 Å². The van der Waals surface area contributed by atoms with E-state index >= 15 is 0 Å². The van der Waals surface area contributed by atoms with Gasteiger partial charge in [0.15, 0.2) is 0 Å². The maximum Gasteiger partial charge on any atom is 0.290 e. The molecule has 2 aromatic rings. The van der Waals surface area contributed by atoms with E-state index in [9.17, 15) is 14.9 Å². The van der Waals surface area contributed by atoms with Gasteiger partial charge in [-0.2, -0.15) is 0 Å². The maximum atomic E-state index is 11.7. The molecule has 0 atom stereocenters. The number of benzene rings is 1. The molecule has 0 radical (unpaired) electrons. The first kappa shape index (κ1) is 14.4. The van der Waals surface area contributed by atoms with Gasteiger partial charge < -0.3 is 5.32 Å². The largest absolute Gasteiger partial charge is 0.323 e. The molecule has 0 saturated heterocycles. The van der Waals surface area contributed by atoms with Crippen molar-refractivity contribution in [1.82, 2.24) is 4.98 Å². The third kappa shape index (κ3) is 3.97. The van der Waals surface area contributed by atoms with Crippen molar-refractivity contribution in [2.24, 2.45) is 0 Å². The summed E-state index contributed by atoms with van der Waals surface area (Å²) in [5, 5.41) is 13.4. The van der Waals surface area contributed by atoms with Crippen LogP contribution in [0.25, 0.3) is 6.08 Å². The number of para-hydroxylation sites is 1. The molecule has 0 aliphatic carbocycles. The van der Waals surface area contributed by atoms with Crippen LogP contribution in [0.15, 0.2) is 48.5 Å². The molecule has 1 aromatic carbocycles. The molecule has 0 fully saturated rings. The van der Waals surface area contributed by atoms with Gasteiger partial charge in [0.05, 0.1) is 10.6 Å². The van der Waals surface area contributed by atoms with Crippen molar-refractivity contribution in [2.45, 2.75) is 6.92 Å². The summed E-state index contributed by atoms with van der Waals surface area (Å²) in [7, 11) is 0. The van der Waals surface area contributed by atoms with E-state index in [1.807, 2.05) is 18.2 Å². The van der Waals surface area contributed by atoms with Crippen LogP contribution in [-0.4, -0.2) is 15.8 Å². The molecule has 2 rings (SSSR count). The van der Waals surface area contributed by atoms with Crippen molar-refractivity contribution in [2.75, 3.05) is 5.32 Å². The van der Waals surface area contributed by atoms with Crippen LogP contribution in [0.3, 0.4) is 0 Å². The number of amides is 1. The number of nitrogens with zero attached hydrogens (tertiary/aromatic N) is 2. The van der Waals surface area contributed by atoms with Crippen LogP contribution in [0.4, 0.5) is 11.4 Å². The minimum Gasteiger partial charge on any atom is -0.323 e. The molecule has 106 valence electrons. The van der Waals surface area contributed by atoms with Crippen molar-refractivity contribution in [3.05, 3.63) is 70.0 Å². The molecule has 6 heteroatoms. The van der Waals surface area contributed by atoms with Crippen LogP contribution in [0, 0.1) is 17.0 Å². The summed E-state index contributed by atoms with van der Waals surface area (Å²) in [4.78, 5) is 26.0. The quantitative estimate of drug-likeness (QED) is 0.531. The zero-order valence-electron chi connectivity index (χ0n) is 11.3. The van der Waals surface area contributed by atoms with Crippen LogP contribution in [0.1, 0.15) is 11.4 Å². The average Bonchev–Trinajstić information content (AvgIpc) is 2.46. The Balaban J connectivity index is 2.05. The van der Waals surface area contributed by atoms with Gasteiger partial charge in [-0.05, 0) is 31.2 Å². The van der Waals surface area contributed by atoms with E-state index in [2.05, 4.69) is 10.3 Å². The van der Waals surface area contributed by atoms with Gasteiger partial charge in [-0.3, -0.25) is 14.9 Å². The first-order valence-electron chi connectivity index (χ1n) is 6.22. The zero-order chi connectivity index (χ0) is 15.2. The molecule has 0 spiro atoms. The number of hydrogen-bond acceptors (Lipinski definition) is 4. The second kappa shape index (κ2) is 6.42. The van der Waals surface area contributed by atoms with Crippen LogP contribution >= 0.6 is 0 Å². The topological polar surface area (TPSA) is 85.1 Å². The Kier molecular flexibility index (Phi) is 4.40. The zero-order valence-corrected chi connectivity index (χ0v) is 11.3. The molecule has 0 aliphatic rings. The van der Waals surface area contributed by atoms with Gasteiger partial charge in [0.2, 0.25) is 5.91 Å². The lowest BCUT2D eigenvalue weighted by atomic mass is 10.2. The highest BCUT2D eigenvalue weighted by molar-refractivity contribution is 6.01. The Hall–Kier alpha value is -3.02. The van der Waals surface area contributed by atoms with Crippen LogP contribution in [0.5, 0.6) is 0 Å². The van der Waals surface area contributed by atoms with Crippen LogP contribution < -0.4 is 5.32 Å². The summed E-state index contributed by atoms with van der Waals surface area (Å²) in [6, 6.07) is 11.9. The number of carbonyl (C=O) groups excluding carboxylic acids is 1. The van der Waals surface area contributed by atoms with E-state index in [0.29, 0.717) is 17.1 Å². The third-order valence-corrected chi connectivity index (χ3v) is 2.72.